The molecule has 1 heterocycles. The number of aliphatic hydroxyl groups excluding tert-OH is 1. The van der Waals surface area contributed by atoms with Crippen LogP contribution in [0.1, 0.15) is 5.82 Å². The van der Waals surface area contributed by atoms with Crippen LogP contribution < -0.4 is 0 Å². The molecule has 0 fully saturated rings. The number of aromatic nitrogens is 2. The normalized spacial score (nSPS) is 10.4. The van der Waals surface area contributed by atoms with E-state index < -0.39 is 0 Å². The molecule has 0 saturated carbocycles. The predicted molar refractivity (Wildman–Crippen MR) is 46.5 cm³/mol. The Kier molecular flexibility index (Phi) is 3.45. The van der Waals surface area contributed by atoms with Gasteiger partial charge in [-0.25, -0.2) is 4.98 Å². The SMILES string of the molecule is Cn1ccnc1CSCCO. The first-order valence-corrected chi connectivity index (χ1v) is 4.65. The largest absolute Gasteiger partial charge is 0.396 e. The Morgan fingerprint density at radius 2 is 2.55 bits per heavy atom. The highest BCUT2D eigenvalue weighted by molar-refractivity contribution is 7.98. The van der Waals surface area contributed by atoms with Gasteiger partial charge in [0.25, 0.3) is 0 Å². The third kappa shape index (κ3) is 2.55. The molecule has 0 aliphatic rings. The third-order valence-electron chi connectivity index (χ3n) is 1.39. The number of aryl methyl sites for hydroxylation is 1. The minimum Gasteiger partial charge on any atom is -0.396 e. The molecule has 0 aromatic carbocycles. The molecule has 0 bridgehead atoms. The molecule has 0 aliphatic heterocycles. The summed E-state index contributed by atoms with van der Waals surface area (Å²) in [5.74, 6) is 2.72. The van der Waals surface area contributed by atoms with Gasteiger partial charge in [0.15, 0.2) is 0 Å². The minimum atomic E-state index is 0.245. The molecule has 11 heavy (non-hydrogen) atoms. The number of aliphatic hydroxyl groups is 1. The van der Waals surface area contributed by atoms with Crippen molar-refractivity contribution in [1.29, 1.82) is 0 Å². The van der Waals surface area contributed by atoms with Gasteiger partial charge in [-0.1, -0.05) is 0 Å². The molecule has 3 nitrogen and oxygen atoms in total. The fourth-order valence-electron chi connectivity index (χ4n) is 0.764. The number of nitrogens with zero attached hydrogens (tertiary/aromatic N) is 2. The van der Waals surface area contributed by atoms with E-state index in [2.05, 4.69) is 4.98 Å². The van der Waals surface area contributed by atoms with Crippen LogP contribution in [0.4, 0.5) is 0 Å². The van der Waals surface area contributed by atoms with Crippen LogP contribution in [0.25, 0.3) is 0 Å². The monoisotopic (exact) mass is 172 g/mol. The third-order valence-corrected chi connectivity index (χ3v) is 2.32. The van der Waals surface area contributed by atoms with E-state index in [1.54, 1.807) is 18.0 Å². The Morgan fingerprint density at radius 1 is 1.73 bits per heavy atom. The Morgan fingerprint density at radius 3 is 3.09 bits per heavy atom. The van der Waals surface area contributed by atoms with Gasteiger partial charge in [0.2, 0.25) is 0 Å². The zero-order valence-corrected chi connectivity index (χ0v) is 7.34. The molecule has 0 amide bonds. The van der Waals surface area contributed by atoms with Crippen LogP contribution in [-0.4, -0.2) is 27.0 Å². The molecule has 0 saturated heterocycles. The first-order valence-electron chi connectivity index (χ1n) is 3.49. The topological polar surface area (TPSA) is 38.0 Å². The Bertz CT molecular complexity index is 212. The maximum Gasteiger partial charge on any atom is 0.118 e. The minimum absolute atomic E-state index is 0.245. The quantitative estimate of drug-likeness (QED) is 0.677. The first-order chi connectivity index (χ1) is 5.34. The van der Waals surface area contributed by atoms with Crippen molar-refractivity contribution in [3.8, 4) is 0 Å². The van der Waals surface area contributed by atoms with Crippen molar-refractivity contribution in [2.24, 2.45) is 7.05 Å². The van der Waals surface area contributed by atoms with Gasteiger partial charge in [-0.15, -0.1) is 0 Å². The van der Waals surface area contributed by atoms with Crippen LogP contribution in [0, 0.1) is 0 Å². The van der Waals surface area contributed by atoms with Crippen LogP contribution in [0.2, 0.25) is 0 Å². The molecule has 1 rings (SSSR count). The average Bonchev–Trinajstić information content (AvgIpc) is 2.37. The van der Waals surface area contributed by atoms with E-state index in [4.69, 9.17) is 5.11 Å². The highest BCUT2D eigenvalue weighted by Gasteiger charge is 1.97. The first kappa shape index (κ1) is 8.62. The Hall–Kier alpha value is -0.480. The highest BCUT2D eigenvalue weighted by atomic mass is 32.2. The second-order valence-corrected chi connectivity index (χ2v) is 3.34. The van der Waals surface area contributed by atoms with E-state index >= 15 is 0 Å². The average molecular weight is 172 g/mol. The summed E-state index contributed by atoms with van der Waals surface area (Å²) in [4.78, 5) is 4.15. The maximum atomic E-state index is 8.52. The summed E-state index contributed by atoms with van der Waals surface area (Å²) in [6.45, 7) is 0.245. The van der Waals surface area contributed by atoms with Crippen molar-refractivity contribution in [2.75, 3.05) is 12.4 Å². The van der Waals surface area contributed by atoms with E-state index in [0.717, 1.165) is 17.3 Å². The molecule has 0 unspecified atom stereocenters. The lowest BCUT2D eigenvalue weighted by Crippen LogP contribution is -1.96. The lowest BCUT2D eigenvalue weighted by molar-refractivity contribution is 0.322. The van der Waals surface area contributed by atoms with Crippen molar-refractivity contribution >= 4 is 11.8 Å². The molecule has 4 heteroatoms. The summed E-state index contributed by atoms with van der Waals surface area (Å²) < 4.78 is 1.99. The fraction of sp³-hybridized carbons (Fsp3) is 0.571. The van der Waals surface area contributed by atoms with Crippen molar-refractivity contribution < 1.29 is 5.11 Å². The van der Waals surface area contributed by atoms with Crippen LogP contribution in [-0.2, 0) is 12.8 Å². The molecule has 62 valence electrons. The highest BCUT2D eigenvalue weighted by Crippen LogP contribution is 2.08. The van der Waals surface area contributed by atoms with Gasteiger partial charge in [-0.3, -0.25) is 0 Å². The molecule has 0 radical (unpaired) electrons. The standard InChI is InChI=1S/C7H12N2OS/c1-9-3-2-8-7(9)6-11-5-4-10/h2-3,10H,4-6H2,1H3. The van der Waals surface area contributed by atoms with Crippen LogP contribution >= 0.6 is 11.8 Å². The summed E-state index contributed by atoms with van der Waals surface area (Å²) in [5.41, 5.74) is 0. The van der Waals surface area contributed by atoms with E-state index in [1.807, 2.05) is 17.8 Å². The molecule has 0 atom stereocenters. The van der Waals surface area contributed by atoms with Crippen LogP contribution in [0.15, 0.2) is 12.4 Å². The Balaban J connectivity index is 2.32. The van der Waals surface area contributed by atoms with Gasteiger partial charge in [0.05, 0.1) is 12.4 Å². The molecule has 1 aromatic heterocycles. The molecular weight excluding hydrogens is 160 g/mol. The Labute approximate surface area is 70.4 Å². The zero-order valence-electron chi connectivity index (χ0n) is 6.53. The van der Waals surface area contributed by atoms with E-state index in [1.165, 1.54) is 0 Å². The lowest BCUT2D eigenvalue weighted by atomic mass is 10.7. The molecule has 0 spiro atoms. The van der Waals surface area contributed by atoms with Gasteiger partial charge >= 0.3 is 0 Å². The smallest absolute Gasteiger partial charge is 0.118 e. The summed E-state index contributed by atoms with van der Waals surface area (Å²) in [5, 5.41) is 8.52. The fourth-order valence-corrected chi connectivity index (χ4v) is 1.50. The van der Waals surface area contributed by atoms with Crippen LogP contribution in [0.3, 0.4) is 0 Å². The molecule has 1 aromatic rings. The van der Waals surface area contributed by atoms with Crippen molar-refractivity contribution in [1.82, 2.24) is 9.55 Å². The van der Waals surface area contributed by atoms with Gasteiger partial charge in [0.1, 0.15) is 5.82 Å². The summed E-state index contributed by atoms with van der Waals surface area (Å²) in [7, 11) is 1.97. The lowest BCUT2D eigenvalue weighted by Gasteiger charge is -1.99. The van der Waals surface area contributed by atoms with Gasteiger partial charge in [-0.2, -0.15) is 11.8 Å². The summed E-state index contributed by atoms with van der Waals surface area (Å²) in [6, 6.07) is 0. The van der Waals surface area contributed by atoms with Crippen molar-refractivity contribution in [2.45, 2.75) is 5.75 Å². The molecular formula is C7H12N2OS. The number of rotatable bonds is 4. The number of imidazole rings is 1. The number of hydrogen-bond acceptors (Lipinski definition) is 3. The summed E-state index contributed by atoms with van der Waals surface area (Å²) in [6.07, 6.45) is 3.71. The van der Waals surface area contributed by atoms with Gasteiger partial charge in [-0.05, 0) is 0 Å². The van der Waals surface area contributed by atoms with E-state index in [-0.39, 0.29) is 6.61 Å². The van der Waals surface area contributed by atoms with Crippen LogP contribution in [0.5, 0.6) is 0 Å². The van der Waals surface area contributed by atoms with E-state index in [0.29, 0.717) is 0 Å². The second-order valence-electron chi connectivity index (χ2n) is 2.23. The second kappa shape index (κ2) is 4.41. The van der Waals surface area contributed by atoms with E-state index in [9.17, 15) is 0 Å². The maximum absolute atomic E-state index is 8.52. The van der Waals surface area contributed by atoms with Gasteiger partial charge < -0.3 is 9.67 Å². The number of hydrogen-bond donors (Lipinski definition) is 1. The molecule has 0 aliphatic carbocycles. The predicted octanol–water partition coefficient (Wildman–Crippen LogP) is 0.646. The van der Waals surface area contributed by atoms with Crippen molar-refractivity contribution in [3.05, 3.63) is 18.2 Å². The van der Waals surface area contributed by atoms with Gasteiger partial charge in [0, 0.05) is 25.2 Å². The van der Waals surface area contributed by atoms with Crippen molar-refractivity contribution in [3.63, 3.8) is 0 Å². The molecule has 1 N–H and O–H groups in total. The number of thioether (sulfide) groups is 1. The zero-order chi connectivity index (χ0) is 8.10. The summed E-state index contributed by atoms with van der Waals surface area (Å²) >= 11 is 1.69.